The maximum atomic E-state index is 13.5. The second-order valence-electron chi connectivity index (χ2n) is 11.5. The number of rotatable bonds is 9. The molecule has 0 spiro atoms. The molecule has 2 N–H and O–H groups in total. The Kier molecular flexibility index (Phi) is 9.94. The van der Waals surface area contributed by atoms with Gasteiger partial charge in [0.15, 0.2) is 17.3 Å². The summed E-state index contributed by atoms with van der Waals surface area (Å²) in [7, 11) is 0. The van der Waals surface area contributed by atoms with E-state index in [9.17, 15) is 23.7 Å². The van der Waals surface area contributed by atoms with Gasteiger partial charge in [0.25, 0.3) is 11.8 Å². The molecule has 0 radical (unpaired) electrons. The second kappa shape index (κ2) is 13.9. The first-order valence-corrected chi connectivity index (χ1v) is 16.9. The van der Waals surface area contributed by atoms with Crippen molar-refractivity contribution in [3.63, 3.8) is 0 Å². The number of thiazole rings is 1. The third kappa shape index (κ3) is 7.33. The van der Waals surface area contributed by atoms with E-state index in [0.29, 0.717) is 12.1 Å². The van der Waals surface area contributed by atoms with Crippen LogP contribution >= 0.6 is 11.3 Å². The molecule has 11 nitrogen and oxygen atoms in total. The van der Waals surface area contributed by atoms with Gasteiger partial charge >= 0.3 is 12.1 Å². The molecule has 0 bridgehead atoms. The molecule has 1 aromatic heterocycles. The number of nitrogens with zero attached hydrogens (tertiary/aromatic N) is 2. The summed E-state index contributed by atoms with van der Waals surface area (Å²) >= 11 is -0.467. The highest BCUT2D eigenvalue weighted by Crippen LogP contribution is 2.36. The first kappa shape index (κ1) is 32.9. The minimum Gasteiger partial charge on any atom is -0.614 e. The lowest BCUT2D eigenvalue weighted by Gasteiger charge is -2.48. The van der Waals surface area contributed by atoms with E-state index in [4.69, 9.17) is 9.47 Å². The van der Waals surface area contributed by atoms with Crippen LogP contribution in [0.15, 0.2) is 83.9 Å². The van der Waals surface area contributed by atoms with E-state index in [2.05, 4.69) is 15.6 Å². The summed E-state index contributed by atoms with van der Waals surface area (Å²) in [5, 5.41) is 6.14. The van der Waals surface area contributed by atoms with Crippen LogP contribution in [0.2, 0.25) is 0 Å². The number of aromatic nitrogens is 1. The molecule has 3 amide bonds. The molecule has 240 valence electrons. The van der Waals surface area contributed by atoms with Gasteiger partial charge < -0.3 is 19.3 Å². The Balaban J connectivity index is 1.29. The van der Waals surface area contributed by atoms with Gasteiger partial charge in [-0.1, -0.05) is 73.7 Å². The fraction of sp³-hybridized carbons (Fsp3) is 0.303. The summed E-state index contributed by atoms with van der Waals surface area (Å²) in [6.07, 6.45) is 2.16. The van der Waals surface area contributed by atoms with Crippen LogP contribution in [0.4, 0.5) is 9.93 Å². The van der Waals surface area contributed by atoms with Crippen LogP contribution in [0.25, 0.3) is 5.57 Å². The highest BCUT2D eigenvalue weighted by Gasteiger charge is 2.60. The van der Waals surface area contributed by atoms with Crippen molar-refractivity contribution in [1.82, 2.24) is 15.2 Å². The number of carbonyl (C=O) groups is 4. The van der Waals surface area contributed by atoms with Crippen molar-refractivity contribution < 1.29 is 33.2 Å². The fourth-order valence-electron chi connectivity index (χ4n) is 5.00. The van der Waals surface area contributed by atoms with Gasteiger partial charge in [-0.05, 0) is 55.6 Å². The summed E-state index contributed by atoms with van der Waals surface area (Å²) < 4.78 is 24.3. The SMILES string of the molecule is CC/C=C(\C(=O)N[C@@H]1C(=O)N2C(C(=O)OC(c3ccccc3)c3ccccc3)=CC[S+]([O-])[C@@H]12)c1csc(NC(=O)OC(C)(C)C)n1. The number of hydrogen-bond donors (Lipinski definition) is 2. The van der Waals surface area contributed by atoms with Crippen molar-refractivity contribution in [3.8, 4) is 0 Å². The van der Waals surface area contributed by atoms with Crippen LogP contribution in [0.5, 0.6) is 0 Å². The van der Waals surface area contributed by atoms with Gasteiger partial charge in [0, 0.05) is 5.38 Å². The molecule has 1 saturated heterocycles. The Morgan fingerprint density at radius 3 is 2.33 bits per heavy atom. The molecule has 0 saturated carbocycles. The molecule has 13 heteroatoms. The molecule has 2 aliphatic rings. The maximum Gasteiger partial charge on any atom is 0.413 e. The van der Waals surface area contributed by atoms with Crippen molar-refractivity contribution in [2.75, 3.05) is 11.1 Å². The molecular weight excluding hydrogens is 629 g/mol. The van der Waals surface area contributed by atoms with Crippen molar-refractivity contribution in [1.29, 1.82) is 0 Å². The fourth-order valence-corrected chi connectivity index (χ4v) is 7.15. The number of nitrogens with one attached hydrogen (secondary N) is 2. The first-order valence-electron chi connectivity index (χ1n) is 14.6. The predicted octanol–water partition coefficient (Wildman–Crippen LogP) is 4.92. The lowest BCUT2D eigenvalue weighted by Crippen LogP contribution is -2.74. The van der Waals surface area contributed by atoms with Crippen LogP contribution < -0.4 is 10.6 Å². The number of hydrogen-bond acceptors (Lipinski definition) is 9. The zero-order valence-electron chi connectivity index (χ0n) is 25.7. The molecule has 5 rings (SSSR count). The van der Waals surface area contributed by atoms with Crippen molar-refractivity contribution in [2.24, 2.45) is 0 Å². The predicted molar refractivity (Wildman–Crippen MR) is 175 cm³/mol. The molecule has 0 aliphatic carbocycles. The Morgan fingerprint density at radius 2 is 1.74 bits per heavy atom. The Hall–Kier alpha value is -4.46. The van der Waals surface area contributed by atoms with Gasteiger partial charge in [0.05, 0.1) is 11.3 Å². The van der Waals surface area contributed by atoms with Gasteiger partial charge in [-0.25, -0.2) is 14.6 Å². The van der Waals surface area contributed by atoms with Crippen LogP contribution in [0.1, 0.15) is 57.0 Å². The van der Waals surface area contributed by atoms with Gasteiger partial charge in [0.2, 0.25) is 5.37 Å². The van der Waals surface area contributed by atoms with Crippen LogP contribution in [0.3, 0.4) is 0 Å². The second-order valence-corrected chi connectivity index (χ2v) is 13.9. The van der Waals surface area contributed by atoms with Gasteiger partial charge in [-0.3, -0.25) is 19.8 Å². The number of carbonyl (C=O) groups excluding carboxylic acids is 4. The Morgan fingerprint density at radius 1 is 1.11 bits per heavy atom. The number of fused-ring (bicyclic) bond motifs is 1. The standard InChI is InChI=1S/C33H34N4O7S2/c1-5-12-22(23-19-45-31(34-23)36-32(41)44-33(2,3)4)27(38)35-25-28(39)37-24(17-18-46(42)29(25)37)30(40)43-26(20-13-8-6-9-14-20)21-15-10-7-11-16-21/h6-17,19,25-26,29H,5,18H2,1-4H3,(H,35,38)(H,34,36,41)/b22-12-/t25-,29+,46?/m1/s1. The summed E-state index contributed by atoms with van der Waals surface area (Å²) in [5.41, 5.74) is 1.27. The van der Waals surface area contributed by atoms with Crippen LogP contribution in [0, 0.1) is 0 Å². The Bertz CT molecular complexity index is 1630. The minimum absolute atomic E-state index is 0.00995. The quantitative estimate of drug-likeness (QED) is 0.142. The molecule has 2 aromatic carbocycles. The topological polar surface area (TPSA) is 150 Å². The highest BCUT2D eigenvalue weighted by atomic mass is 32.2. The summed E-state index contributed by atoms with van der Waals surface area (Å²) in [4.78, 5) is 58.1. The van der Waals surface area contributed by atoms with Crippen LogP contribution in [-0.4, -0.2) is 61.1 Å². The van der Waals surface area contributed by atoms with Crippen molar-refractivity contribution in [3.05, 3.63) is 101 Å². The first-order chi connectivity index (χ1) is 22.0. The zero-order valence-corrected chi connectivity index (χ0v) is 27.4. The zero-order chi connectivity index (χ0) is 33.0. The van der Waals surface area contributed by atoms with Crippen molar-refractivity contribution >= 4 is 57.1 Å². The van der Waals surface area contributed by atoms with E-state index < -0.39 is 58.2 Å². The molecule has 2 aliphatic heterocycles. The van der Waals surface area contributed by atoms with E-state index in [1.807, 2.05) is 67.6 Å². The van der Waals surface area contributed by atoms with E-state index in [-0.39, 0.29) is 22.2 Å². The molecular formula is C33H34N4O7S2. The van der Waals surface area contributed by atoms with E-state index >= 15 is 0 Å². The number of ether oxygens (including phenoxy) is 2. The number of anilines is 1. The van der Waals surface area contributed by atoms with Crippen molar-refractivity contribution in [2.45, 2.75) is 57.2 Å². The maximum absolute atomic E-state index is 13.5. The third-order valence-corrected chi connectivity index (χ3v) is 9.25. The molecule has 1 unspecified atom stereocenters. The number of allylic oxidation sites excluding steroid dienone is 1. The molecule has 1 fully saturated rings. The number of amides is 3. The smallest absolute Gasteiger partial charge is 0.413 e. The third-order valence-electron chi connectivity index (χ3n) is 6.98. The Labute approximate surface area is 273 Å². The number of esters is 1. The molecule has 3 atom stereocenters. The summed E-state index contributed by atoms with van der Waals surface area (Å²) in [6, 6.07) is 17.4. The lowest BCUT2D eigenvalue weighted by atomic mass is 10.0. The monoisotopic (exact) mass is 662 g/mol. The van der Waals surface area contributed by atoms with E-state index in [0.717, 1.165) is 27.4 Å². The van der Waals surface area contributed by atoms with Gasteiger partial charge in [0.1, 0.15) is 17.1 Å². The number of benzene rings is 2. The van der Waals surface area contributed by atoms with Crippen LogP contribution in [-0.2, 0) is 35.0 Å². The largest absolute Gasteiger partial charge is 0.614 e. The highest BCUT2D eigenvalue weighted by molar-refractivity contribution is 7.92. The van der Waals surface area contributed by atoms with E-state index in [1.54, 1.807) is 32.2 Å². The lowest BCUT2D eigenvalue weighted by molar-refractivity contribution is -0.154. The molecule has 3 heterocycles. The van der Waals surface area contributed by atoms with Gasteiger partial charge in [-0.15, -0.1) is 11.3 Å². The van der Waals surface area contributed by atoms with Gasteiger partial charge in [-0.2, -0.15) is 0 Å². The number of β-lactam (4-membered cyclic amide) rings is 1. The van der Waals surface area contributed by atoms with E-state index in [1.165, 1.54) is 6.08 Å². The summed E-state index contributed by atoms with van der Waals surface area (Å²) in [5.74, 6) is -1.91. The molecule has 46 heavy (non-hydrogen) atoms. The average Bonchev–Trinajstić information content (AvgIpc) is 3.48. The summed E-state index contributed by atoms with van der Waals surface area (Å²) in [6.45, 7) is 7.06. The minimum atomic E-state index is -1.58. The molecule has 3 aromatic rings. The normalized spacial score (nSPS) is 19.5. The average molecular weight is 663 g/mol.